The van der Waals surface area contributed by atoms with E-state index in [4.69, 9.17) is 21.5 Å². The summed E-state index contributed by atoms with van der Waals surface area (Å²) in [6.07, 6.45) is 5.14. The number of unbranched alkanes of at least 4 members (excludes halogenated alkanes) is 2. The number of amides is 1. The van der Waals surface area contributed by atoms with E-state index in [1.165, 1.54) is 0 Å². The fraction of sp³-hybridized carbons (Fsp3) is 0.300. The summed E-state index contributed by atoms with van der Waals surface area (Å²) in [6, 6.07) is 11.0. The van der Waals surface area contributed by atoms with Gasteiger partial charge in [-0.25, -0.2) is 0 Å². The molecule has 146 valence electrons. The lowest BCUT2D eigenvalue weighted by Crippen LogP contribution is -2.24. The number of aryl methyl sites for hydroxylation is 1. The fourth-order valence-corrected chi connectivity index (χ4v) is 2.92. The number of methoxy groups -OCH3 is 1. The minimum Gasteiger partial charge on any atom is -0.497 e. The maximum atomic E-state index is 12.1. The SMILES string of the molecule is COc1ccc(-c2noc(CCCCCNC(=O)c3ccc[nH]c3=S)n2)cc1. The molecule has 0 aliphatic rings. The van der Waals surface area contributed by atoms with Crippen LogP contribution in [0, 0.1) is 4.64 Å². The van der Waals surface area contributed by atoms with Gasteiger partial charge >= 0.3 is 0 Å². The Bertz CT molecular complexity index is 966. The minimum absolute atomic E-state index is 0.150. The van der Waals surface area contributed by atoms with E-state index in [-0.39, 0.29) is 5.91 Å². The number of hydrogen-bond donors (Lipinski definition) is 2. The number of carbonyl (C=O) groups is 1. The zero-order valence-corrected chi connectivity index (χ0v) is 16.4. The molecule has 1 aromatic carbocycles. The summed E-state index contributed by atoms with van der Waals surface area (Å²) in [6.45, 7) is 0.601. The second-order valence-electron chi connectivity index (χ2n) is 6.22. The van der Waals surface area contributed by atoms with Gasteiger partial charge in [0, 0.05) is 24.7 Å². The van der Waals surface area contributed by atoms with Crippen LogP contribution in [0.5, 0.6) is 5.75 Å². The largest absolute Gasteiger partial charge is 0.497 e. The molecule has 0 atom stereocenters. The van der Waals surface area contributed by atoms with Gasteiger partial charge in [0.1, 0.15) is 10.4 Å². The maximum Gasteiger partial charge on any atom is 0.254 e. The molecule has 0 aliphatic carbocycles. The molecule has 0 unspecified atom stereocenters. The van der Waals surface area contributed by atoms with Gasteiger partial charge in [-0.3, -0.25) is 4.79 Å². The van der Waals surface area contributed by atoms with Crippen LogP contribution < -0.4 is 10.1 Å². The van der Waals surface area contributed by atoms with E-state index in [0.29, 0.717) is 34.9 Å². The van der Waals surface area contributed by atoms with E-state index >= 15 is 0 Å². The molecule has 3 rings (SSSR count). The molecular weight excluding hydrogens is 376 g/mol. The van der Waals surface area contributed by atoms with Crippen molar-refractivity contribution in [2.75, 3.05) is 13.7 Å². The smallest absolute Gasteiger partial charge is 0.254 e. The predicted octanol–water partition coefficient (Wildman–Crippen LogP) is 3.95. The van der Waals surface area contributed by atoms with Gasteiger partial charge < -0.3 is 19.6 Å². The van der Waals surface area contributed by atoms with Crippen molar-refractivity contribution < 1.29 is 14.1 Å². The first-order valence-electron chi connectivity index (χ1n) is 9.10. The quantitative estimate of drug-likeness (QED) is 0.419. The first-order valence-corrected chi connectivity index (χ1v) is 9.51. The number of rotatable bonds is 9. The van der Waals surface area contributed by atoms with Crippen molar-refractivity contribution in [3.63, 3.8) is 0 Å². The average Bonchev–Trinajstić information content (AvgIpc) is 3.19. The standard InChI is InChI=1S/C20H22N4O3S/c1-26-15-10-8-14(9-11-15)18-23-17(27-24-18)7-3-2-4-12-21-19(25)16-6-5-13-22-20(16)28/h5-6,8-11,13H,2-4,7,12H2,1H3,(H,21,25)(H,22,28). The molecule has 2 aromatic heterocycles. The van der Waals surface area contributed by atoms with E-state index < -0.39 is 0 Å². The normalized spacial score (nSPS) is 10.6. The van der Waals surface area contributed by atoms with Crippen molar-refractivity contribution in [3.05, 3.63) is 58.7 Å². The Kier molecular flexibility index (Phi) is 6.91. The Balaban J connectivity index is 1.38. The van der Waals surface area contributed by atoms with E-state index in [9.17, 15) is 4.79 Å². The zero-order chi connectivity index (χ0) is 19.8. The molecule has 0 radical (unpaired) electrons. The zero-order valence-electron chi connectivity index (χ0n) is 15.6. The summed E-state index contributed by atoms with van der Waals surface area (Å²) in [5.41, 5.74) is 1.38. The van der Waals surface area contributed by atoms with Crippen molar-refractivity contribution in [1.82, 2.24) is 20.4 Å². The van der Waals surface area contributed by atoms with Crippen LogP contribution in [-0.4, -0.2) is 34.7 Å². The number of nitrogens with one attached hydrogen (secondary N) is 2. The number of pyridine rings is 1. The molecule has 0 saturated heterocycles. The monoisotopic (exact) mass is 398 g/mol. The number of carbonyl (C=O) groups excluding carboxylic acids is 1. The molecule has 0 fully saturated rings. The lowest BCUT2D eigenvalue weighted by Gasteiger charge is -2.04. The van der Waals surface area contributed by atoms with Gasteiger partial charge in [-0.1, -0.05) is 23.8 Å². The summed E-state index contributed by atoms with van der Waals surface area (Å²) >= 11 is 5.11. The van der Waals surface area contributed by atoms with Crippen molar-refractivity contribution in [3.8, 4) is 17.1 Å². The van der Waals surface area contributed by atoms with E-state index in [1.807, 2.05) is 24.3 Å². The van der Waals surface area contributed by atoms with Crippen molar-refractivity contribution >= 4 is 18.1 Å². The Morgan fingerprint density at radius 3 is 2.79 bits per heavy atom. The first-order chi connectivity index (χ1) is 13.7. The Morgan fingerprint density at radius 2 is 2.04 bits per heavy atom. The molecule has 3 aromatic rings. The number of nitrogens with zero attached hydrogens (tertiary/aromatic N) is 2. The topological polar surface area (TPSA) is 93.0 Å². The lowest BCUT2D eigenvalue weighted by molar-refractivity contribution is 0.0952. The third-order valence-corrected chi connectivity index (χ3v) is 4.57. The molecule has 0 spiro atoms. The van der Waals surface area contributed by atoms with Gasteiger partial charge in [0.25, 0.3) is 5.91 Å². The first kappa shape index (κ1) is 19.8. The molecule has 0 saturated carbocycles. The highest BCUT2D eigenvalue weighted by atomic mass is 32.1. The number of hydrogen-bond acceptors (Lipinski definition) is 6. The van der Waals surface area contributed by atoms with E-state index in [2.05, 4.69) is 20.4 Å². The third-order valence-electron chi connectivity index (χ3n) is 4.23. The Morgan fingerprint density at radius 1 is 1.21 bits per heavy atom. The molecule has 0 bridgehead atoms. The number of aromatic amines is 1. The number of aromatic nitrogens is 3. The summed E-state index contributed by atoms with van der Waals surface area (Å²) in [4.78, 5) is 19.3. The molecule has 2 N–H and O–H groups in total. The highest BCUT2D eigenvalue weighted by Gasteiger charge is 2.09. The highest BCUT2D eigenvalue weighted by molar-refractivity contribution is 7.71. The molecule has 0 aliphatic heterocycles. The molecule has 8 heteroatoms. The molecule has 2 heterocycles. The molecule has 7 nitrogen and oxygen atoms in total. The van der Waals surface area contributed by atoms with Gasteiger partial charge in [0.15, 0.2) is 0 Å². The molecule has 28 heavy (non-hydrogen) atoms. The average molecular weight is 398 g/mol. The van der Waals surface area contributed by atoms with E-state index in [0.717, 1.165) is 30.6 Å². The maximum absolute atomic E-state index is 12.1. The summed E-state index contributed by atoms with van der Waals surface area (Å²) in [7, 11) is 1.63. The van der Waals surface area contributed by atoms with Crippen LogP contribution in [0.2, 0.25) is 0 Å². The number of ether oxygens (including phenoxy) is 1. The van der Waals surface area contributed by atoms with Crippen molar-refractivity contribution in [2.24, 2.45) is 0 Å². The summed E-state index contributed by atoms with van der Waals surface area (Å²) < 4.78 is 10.9. The van der Waals surface area contributed by atoms with Crippen LogP contribution in [0.15, 0.2) is 47.1 Å². The Labute approximate surface area is 168 Å². The van der Waals surface area contributed by atoms with Crippen LogP contribution in [0.25, 0.3) is 11.4 Å². The third kappa shape index (κ3) is 5.26. The second-order valence-corrected chi connectivity index (χ2v) is 6.63. The van der Waals surface area contributed by atoms with Crippen LogP contribution in [-0.2, 0) is 6.42 Å². The molecule has 1 amide bonds. The Hall–Kier alpha value is -3.00. The van der Waals surface area contributed by atoms with E-state index in [1.54, 1.807) is 25.4 Å². The lowest BCUT2D eigenvalue weighted by atomic mass is 10.2. The van der Waals surface area contributed by atoms with Crippen LogP contribution in [0.3, 0.4) is 0 Å². The second kappa shape index (κ2) is 9.80. The fourth-order valence-electron chi connectivity index (χ4n) is 2.69. The van der Waals surface area contributed by atoms with Crippen molar-refractivity contribution in [2.45, 2.75) is 25.7 Å². The predicted molar refractivity (Wildman–Crippen MR) is 108 cm³/mol. The summed E-state index contributed by atoms with van der Waals surface area (Å²) in [5.74, 6) is 1.83. The highest BCUT2D eigenvalue weighted by Crippen LogP contribution is 2.20. The van der Waals surface area contributed by atoms with Crippen LogP contribution >= 0.6 is 12.2 Å². The van der Waals surface area contributed by atoms with Gasteiger partial charge in [-0.15, -0.1) is 0 Å². The number of H-pyrrole nitrogens is 1. The van der Waals surface area contributed by atoms with Crippen LogP contribution in [0.1, 0.15) is 35.5 Å². The minimum atomic E-state index is -0.150. The van der Waals surface area contributed by atoms with Crippen molar-refractivity contribution in [1.29, 1.82) is 0 Å². The van der Waals surface area contributed by atoms with Gasteiger partial charge in [0.2, 0.25) is 11.7 Å². The van der Waals surface area contributed by atoms with Gasteiger partial charge in [-0.05, 0) is 49.2 Å². The van der Waals surface area contributed by atoms with Gasteiger partial charge in [-0.2, -0.15) is 4.98 Å². The molecular formula is C20H22N4O3S. The van der Waals surface area contributed by atoms with Crippen LogP contribution in [0.4, 0.5) is 0 Å². The summed E-state index contributed by atoms with van der Waals surface area (Å²) in [5, 5.41) is 6.91. The number of benzene rings is 1. The van der Waals surface area contributed by atoms with Gasteiger partial charge in [0.05, 0.1) is 12.7 Å².